The largest absolute Gasteiger partial charge is 0.480 e. The topological polar surface area (TPSA) is 38.3 Å². The summed E-state index contributed by atoms with van der Waals surface area (Å²) in [5.41, 5.74) is 1.29. The van der Waals surface area contributed by atoms with Crippen LogP contribution in [0.1, 0.15) is 32.3 Å². The van der Waals surface area contributed by atoms with Crippen LogP contribution >= 0.6 is 0 Å². The zero-order valence-electron chi connectivity index (χ0n) is 16.0. The van der Waals surface area contributed by atoms with Gasteiger partial charge in [0.25, 0.3) is 5.91 Å². The highest BCUT2D eigenvalue weighted by Gasteiger charge is 2.20. The van der Waals surface area contributed by atoms with E-state index in [2.05, 4.69) is 29.6 Å². The van der Waals surface area contributed by atoms with Crippen molar-refractivity contribution in [1.82, 2.24) is 5.32 Å². The molecule has 0 spiro atoms. The number of aryl methyl sites for hydroxylation is 1. The van der Waals surface area contributed by atoms with Crippen LogP contribution in [-0.2, 0) is 11.2 Å². The van der Waals surface area contributed by atoms with Gasteiger partial charge in [0.15, 0.2) is 6.10 Å². The van der Waals surface area contributed by atoms with Gasteiger partial charge in [-0.3, -0.25) is 4.79 Å². The third-order valence-electron chi connectivity index (χ3n) is 4.78. The first-order chi connectivity index (χ1) is 13.2. The second kappa shape index (κ2) is 9.22. The standard InChI is InChI=1S/C24H27NO2/c1-3-22(27-23-15-9-13-20-12-7-8-14-21(20)23)24(26)25-18(2)16-17-19-10-5-4-6-11-19/h4-15,18,22H,3,16-17H2,1-2H3,(H,25,26)/t18-,22-/m0/s1. The van der Waals surface area contributed by atoms with E-state index in [-0.39, 0.29) is 11.9 Å². The Bertz CT molecular complexity index is 870. The molecule has 0 unspecified atom stereocenters. The number of hydrogen-bond donors (Lipinski definition) is 1. The molecule has 3 heteroatoms. The van der Waals surface area contributed by atoms with Crippen LogP contribution in [0.25, 0.3) is 10.8 Å². The molecular weight excluding hydrogens is 334 g/mol. The molecule has 3 nitrogen and oxygen atoms in total. The zero-order valence-corrected chi connectivity index (χ0v) is 16.0. The summed E-state index contributed by atoms with van der Waals surface area (Å²) in [5.74, 6) is 0.707. The lowest BCUT2D eigenvalue weighted by atomic mass is 10.1. The number of carbonyl (C=O) groups excluding carboxylic acids is 1. The Morgan fingerprint density at radius 1 is 0.963 bits per heavy atom. The van der Waals surface area contributed by atoms with Gasteiger partial charge >= 0.3 is 0 Å². The summed E-state index contributed by atoms with van der Waals surface area (Å²) in [7, 11) is 0. The van der Waals surface area contributed by atoms with E-state index in [0.717, 1.165) is 29.4 Å². The van der Waals surface area contributed by atoms with Crippen LogP contribution in [0.15, 0.2) is 72.8 Å². The van der Waals surface area contributed by atoms with E-state index >= 15 is 0 Å². The molecule has 3 aromatic rings. The smallest absolute Gasteiger partial charge is 0.261 e. The number of benzene rings is 3. The van der Waals surface area contributed by atoms with Crippen molar-refractivity contribution in [2.24, 2.45) is 0 Å². The van der Waals surface area contributed by atoms with Crippen LogP contribution < -0.4 is 10.1 Å². The average Bonchev–Trinajstić information content (AvgIpc) is 2.71. The average molecular weight is 361 g/mol. The first kappa shape index (κ1) is 19.0. The molecule has 0 aromatic heterocycles. The molecule has 0 radical (unpaired) electrons. The minimum atomic E-state index is -0.491. The van der Waals surface area contributed by atoms with Crippen molar-refractivity contribution >= 4 is 16.7 Å². The first-order valence-corrected chi connectivity index (χ1v) is 9.66. The zero-order chi connectivity index (χ0) is 19.1. The van der Waals surface area contributed by atoms with Crippen molar-refractivity contribution in [3.05, 3.63) is 78.4 Å². The van der Waals surface area contributed by atoms with Crippen molar-refractivity contribution in [3.8, 4) is 5.75 Å². The van der Waals surface area contributed by atoms with E-state index in [9.17, 15) is 4.79 Å². The molecule has 0 aliphatic rings. The highest BCUT2D eigenvalue weighted by molar-refractivity contribution is 5.89. The van der Waals surface area contributed by atoms with E-state index in [4.69, 9.17) is 4.74 Å². The highest BCUT2D eigenvalue weighted by atomic mass is 16.5. The predicted octanol–water partition coefficient (Wildman–Crippen LogP) is 5.13. The highest BCUT2D eigenvalue weighted by Crippen LogP contribution is 2.26. The maximum Gasteiger partial charge on any atom is 0.261 e. The third-order valence-corrected chi connectivity index (χ3v) is 4.78. The molecule has 0 aliphatic heterocycles. The molecule has 3 aromatic carbocycles. The lowest BCUT2D eigenvalue weighted by molar-refractivity contribution is -0.128. The Morgan fingerprint density at radius 2 is 1.67 bits per heavy atom. The number of carbonyl (C=O) groups is 1. The summed E-state index contributed by atoms with van der Waals surface area (Å²) in [6.07, 6.45) is 1.99. The van der Waals surface area contributed by atoms with Gasteiger partial charge in [-0.15, -0.1) is 0 Å². The molecule has 3 rings (SSSR count). The second-order valence-electron chi connectivity index (χ2n) is 6.93. The van der Waals surface area contributed by atoms with Gasteiger partial charge < -0.3 is 10.1 Å². The summed E-state index contributed by atoms with van der Waals surface area (Å²) in [4.78, 5) is 12.7. The summed E-state index contributed by atoms with van der Waals surface area (Å²) < 4.78 is 6.09. The number of amides is 1. The van der Waals surface area contributed by atoms with Crippen molar-refractivity contribution in [2.75, 3.05) is 0 Å². The molecule has 0 saturated carbocycles. The van der Waals surface area contributed by atoms with Gasteiger partial charge in [0.2, 0.25) is 0 Å². The Hall–Kier alpha value is -2.81. The molecular formula is C24H27NO2. The minimum Gasteiger partial charge on any atom is -0.480 e. The van der Waals surface area contributed by atoms with Gasteiger partial charge in [-0.05, 0) is 43.2 Å². The van der Waals surface area contributed by atoms with Gasteiger partial charge in [0, 0.05) is 11.4 Å². The van der Waals surface area contributed by atoms with Crippen molar-refractivity contribution in [3.63, 3.8) is 0 Å². The van der Waals surface area contributed by atoms with E-state index in [1.807, 2.05) is 62.4 Å². The molecule has 0 fully saturated rings. The summed E-state index contributed by atoms with van der Waals surface area (Å²) in [6, 6.07) is 24.5. The fourth-order valence-electron chi connectivity index (χ4n) is 3.21. The van der Waals surface area contributed by atoms with Gasteiger partial charge in [-0.2, -0.15) is 0 Å². The van der Waals surface area contributed by atoms with Gasteiger partial charge in [-0.1, -0.05) is 73.7 Å². The van der Waals surface area contributed by atoms with Crippen molar-refractivity contribution < 1.29 is 9.53 Å². The second-order valence-corrected chi connectivity index (χ2v) is 6.93. The molecule has 1 N–H and O–H groups in total. The van der Waals surface area contributed by atoms with Gasteiger partial charge in [0.05, 0.1) is 0 Å². The molecule has 0 heterocycles. The number of hydrogen-bond acceptors (Lipinski definition) is 2. The normalized spacial score (nSPS) is 13.1. The Labute approximate surface area is 161 Å². The monoisotopic (exact) mass is 361 g/mol. The molecule has 140 valence electrons. The van der Waals surface area contributed by atoms with E-state index < -0.39 is 6.10 Å². The first-order valence-electron chi connectivity index (χ1n) is 9.66. The molecule has 0 bridgehead atoms. The lowest BCUT2D eigenvalue weighted by Crippen LogP contribution is -2.42. The maximum absolute atomic E-state index is 12.7. The van der Waals surface area contributed by atoms with Crippen molar-refractivity contribution in [2.45, 2.75) is 45.3 Å². The fourth-order valence-corrected chi connectivity index (χ4v) is 3.21. The quantitative estimate of drug-likeness (QED) is 0.604. The predicted molar refractivity (Wildman–Crippen MR) is 111 cm³/mol. The molecule has 0 aliphatic carbocycles. The molecule has 2 atom stereocenters. The van der Waals surface area contributed by atoms with E-state index in [0.29, 0.717) is 6.42 Å². The van der Waals surface area contributed by atoms with E-state index in [1.165, 1.54) is 5.56 Å². The Balaban J connectivity index is 1.60. The van der Waals surface area contributed by atoms with Crippen LogP contribution in [-0.4, -0.2) is 18.1 Å². The van der Waals surface area contributed by atoms with Crippen LogP contribution in [0, 0.1) is 0 Å². The fraction of sp³-hybridized carbons (Fsp3) is 0.292. The van der Waals surface area contributed by atoms with Gasteiger partial charge in [0.1, 0.15) is 5.75 Å². The van der Waals surface area contributed by atoms with Gasteiger partial charge in [-0.25, -0.2) is 0 Å². The minimum absolute atomic E-state index is 0.0500. The van der Waals surface area contributed by atoms with Crippen molar-refractivity contribution in [1.29, 1.82) is 0 Å². The van der Waals surface area contributed by atoms with Crippen LogP contribution in [0.4, 0.5) is 0 Å². The molecule has 0 saturated heterocycles. The SMILES string of the molecule is CC[C@H](Oc1cccc2ccccc12)C(=O)N[C@@H](C)CCc1ccccc1. The van der Waals surface area contributed by atoms with Crippen LogP contribution in [0.3, 0.4) is 0 Å². The number of fused-ring (bicyclic) bond motifs is 1. The number of nitrogens with one attached hydrogen (secondary N) is 1. The summed E-state index contributed by atoms with van der Waals surface area (Å²) in [5, 5.41) is 5.25. The molecule has 27 heavy (non-hydrogen) atoms. The van der Waals surface area contributed by atoms with E-state index in [1.54, 1.807) is 0 Å². The Morgan fingerprint density at radius 3 is 2.44 bits per heavy atom. The summed E-state index contributed by atoms with van der Waals surface area (Å²) in [6.45, 7) is 4.02. The maximum atomic E-state index is 12.7. The van der Waals surface area contributed by atoms with Crippen LogP contribution in [0.5, 0.6) is 5.75 Å². The third kappa shape index (κ3) is 5.10. The molecule has 1 amide bonds. The number of rotatable bonds is 8. The Kier molecular flexibility index (Phi) is 6.48. The van der Waals surface area contributed by atoms with Crippen LogP contribution in [0.2, 0.25) is 0 Å². The number of ether oxygens (including phenoxy) is 1. The lowest BCUT2D eigenvalue weighted by Gasteiger charge is -2.21. The summed E-state index contributed by atoms with van der Waals surface area (Å²) >= 11 is 0.